The summed E-state index contributed by atoms with van der Waals surface area (Å²) in [5.41, 5.74) is 1.73. The highest BCUT2D eigenvalue weighted by Crippen LogP contribution is 2.42. The molecule has 3 aliphatic rings. The lowest BCUT2D eigenvalue weighted by Crippen LogP contribution is -2.52. The van der Waals surface area contributed by atoms with Gasteiger partial charge in [-0.1, -0.05) is 31.4 Å². The van der Waals surface area contributed by atoms with E-state index in [9.17, 15) is 0 Å². The maximum atomic E-state index is 5.73. The second-order valence-electron chi connectivity index (χ2n) is 8.44. The van der Waals surface area contributed by atoms with E-state index in [-0.39, 0.29) is 5.41 Å². The quantitative estimate of drug-likeness (QED) is 0.819. The fourth-order valence-electron chi connectivity index (χ4n) is 5.48. The molecule has 0 amide bonds. The maximum Gasteiger partial charge on any atom is 0.119 e. The van der Waals surface area contributed by atoms with Gasteiger partial charge < -0.3 is 20.1 Å². The number of hydrogen-bond donors (Lipinski definition) is 2. The summed E-state index contributed by atoms with van der Waals surface area (Å²) in [5.74, 6) is 1.69. The van der Waals surface area contributed by atoms with Crippen molar-refractivity contribution in [2.75, 3.05) is 33.4 Å². The molecule has 26 heavy (non-hydrogen) atoms. The Morgan fingerprint density at radius 2 is 2.12 bits per heavy atom. The van der Waals surface area contributed by atoms with Gasteiger partial charge in [0, 0.05) is 30.6 Å². The topological polar surface area (TPSA) is 42.5 Å². The molecule has 2 saturated carbocycles. The first-order valence-electron chi connectivity index (χ1n) is 10.5. The van der Waals surface area contributed by atoms with Gasteiger partial charge in [-0.3, -0.25) is 0 Å². The minimum Gasteiger partial charge on any atom is -0.497 e. The predicted octanol–water partition coefficient (Wildman–Crippen LogP) is 3.25. The fourth-order valence-corrected chi connectivity index (χ4v) is 5.48. The first kappa shape index (κ1) is 18.3. The zero-order valence-corrected chi connectivity index (χ0v) is 16.1. The van der Waals surface area contributed by atoms with Crippen LogP contribution in [0.4, 0.5) is 0 Å². The van der Waals surface area contributed by atoms with Gasteiger partial charge in [-0.15, -0.1) is 0 Å². The Bertz CT molecular complexity index is 579. The van der Waals surface area contributed by atoms with Crippen LogP contribution in [0.15, 0.2) is 24.3 Å². The Labute approximate surface area is 158 Å². The average molecular weight is 359 g/mol. The molecule has 144 valence electrons. The molecule has 1 aromatic rings. The van der Waals surface area contributed by atoms with Crippen LogP contribution in [0.2, 0.25) is 0 Å². The van der Waals surface area contributed by atoms with Crippen LogP contribution in [0.5, 0.6) is 5.75 Å². The molecule has 0 aromatic heterocycles. The number of methoxy groups -OCH3 is 1. The van der Waals surface area contributed by atoms with Crippen LogP contribution in [0.3, 0.4) is 0 Å². The molecule has 2 N–H and O–H groups in total. The van der Waals surface area contributed by atoms with E-state index in [1.807, 2.05) is 0 Å². The lowest BCUT2D eigenvalue weighted by Gasteiger charge is -2.36. The molecule has 4 rings (SSSR count). The van der Waals surface area contributed by atoms with Crippen LogP contribution in [0.1, 0.15) is 50.5 Å². The average Bonchev–Trinajstić information content (AvgIpc) is 3.37. The molecule has 4 heteroatoms. The molecule has 4 nitrogen and oxygen atoms in total. The van der Waals surface area contributed by atoms with E-state index in [2.05, 4.69) is 34.9 Å². The summed E-state index contributed by atoms with van der Waals surface area (Å²) >= 11 is 0. The summed E-state index contributed by atoms with van der Waals surface area (Å²) in [7, 11) is 1.76. The summed E-state index contributed by atoms with van der Waals surface area (Å²) in [6.07, 6.45) is 9.22. The van der Waals surface area contributed by atoms with Crippen molar-refractivity contribution in [2.24, 2.45) is 5.92 Å². The van der Waals surface area contributed by atoms with Gasteiger partial charge in [-0.25, -0.2) is 0 Å². The largest absolute Gasteiger partial charge is 0.497 e. The first-order valence-corrected chi connectivity index (χ1v) is 10.5. The SMILES string of the molecule is COc1cccc(C2(CNC3CCCC3C3COCCN3)CCCC2)c1. The van der Waals surface area contributed by atoms with E-state index < -0.39 is 0 Å². The van der Waals surface area contributed by atoms with E-state index in [0.29, 0.717) is 18.0 Å². The molecule has 3 fully saturated rings. The molecule has 1 saturated heterocycles. The minimum atomic E-state index is 0.276. The van der Waals surface area contributed by atoms with Crippen molar-refractivity contribution in [3.8, 4) is 5.75 Å². The van der Waals surface area contributed by atoms with Gasteiger partial charge in [0.25, 0.3) is 0 Å². The van der Waals surface area contributed by atoms with Gasteiger partial charge in [-0.05, 0) is 49.3 Å². The highest BCUT2D eigenvalue weighted by atomic mass is 16.5. The van der Waals surface area contributed by atoms with Gasteiger partial charge in [-0.2, -0.15) is 0 Å². The number of benzene rings is 1. The molecule has 0 radical (unpaired) electrons. The fraction of sp³-hybridized carbons (Fsp3) is 0.727. The lowest BCUT2D eigenvalue weighted by atomic mass is 9.78. The number of morpholine rings is 1. The van der Waals surface area contributed by atoms with Gasteiger partial charge >= 0.3 is 0 Å². The molecule has 0 bridgehead atoms. The summed E-state index contributed by atoms with van der Waals surface area (Å²) in [6, 6.07) is 9.92. The van der Waals surface area contributed by atoms with Crippen LogP contribution in [0.25, 0.3) is 0 Å². The van der Waals surface area contributed by atoms with Crippen LogP contribution < -0.4 is 15.4 Å². The molecular formula is C22H34N2O2. The number of nitrogens with one attached hydrogen (secondary N) is 2. The van der Waals surface area contributed by atoms with Crippen LogP contribution >= 0.6 is 0 Å². The third kappa shape index (κ3) is 3.78. The van der Waals surface area contributed by atoms with Crippen molar-refractivity contribution < 1.29 is 9.47 Å². The Morgan fingerprint density at radius 1 is 1.23 bits per heavy atom. The first-order chi connectivity index (χ1) is 12.8. The Kier molecular flexibility index (Phi) is 5.82. The van der Waals surface area contributed by atoms with Crippen molar-refractivity contribution in [3.63, 3.8) is 0 Å². The van der Waals surface area contributed by atoms with E-state index in [1.165, 1.54) is 50.5 Å². The Balaban J connectivity index is 1.45. The smallest absolute Gasteiger partial charge is 0.119 e. The highest BCUT2D eigenvalue weighted by Gasteiger charge is 2.39. The monoisotopic (exact) mass is 358 g/mol. The number of ether oxygens (including phenoxy) is 2. The molecular weight excluding hydrogens is 324 g/mol. The van der Waals surface area contributed by atoms with E-state index >= 15 is 0 Å². The molecule has 3 unspecified atom stereocenters. The Hall–Kier alpha value is -1.10. The molecule has 1 heterocycles. The predicted molar refractivity (Wildman–Crippen MR) is 105 cm³/mol. The van der Waals surface area contributed by atoms with E-state index in [1.54, 1.807) is 7.11 Å². The maximum absolute atomic E-state index is 5.73. The Morgan fingerprint density at radius 3 is 2.88 bits per heavy atom. The van der Waals surface area contributed by atoms with Crippen molar-refractivity contribution >= 4 is 0 Å². The van der Waals surface area contributed by atoms with E-state index in [4.69, 9.17) is 9.47 Å². The van der Waals surface area contributed by atoms with Gasteiger partial charge in [0.05, 0.1) is 20.3 Å². The third-order valence-electron chi connectivity index (χ3n) is 6.98. The zero-order chi connectivity index (χ0) is 17.8. The van der Waals surface area contributed by atoms with Crippen molar-refractivity contribution in [1.29, 1.82) is 0 Å². The number of rotatable bonds is 6. The normalized spacial score (nSPS) is 31.2. The zero-order valence-electron chi connectivity index (χ0n) is 16.1. The molecule has 0 spiro atoms. The molecule has 2 aliphatic carbocycles. The van der Waals surface area contributed by atoms with Gasteiger partial charge in [0.1, 0.15) is 5.75 Å². The van der Waals surface area contributed by atoms with Gasteiger partial charge in [0.15, 0.2) is 0 Å². The molecule has 1 aromatic carbocycles. The second kappa shape index (κ2) is 8.28. The van der Waals surface area contributed by atoms with E-state index in [0.717, 1.165) is 32.1 Å². The van der Waals surface area contributed by atoms with Crippen molar-refractivity contribution in [2.45, 2.75) is 62.4 Å². The van der Waals surface area contributed by atoms with Gasteiger partial charge in [0.2, 0.25) is 0 Å². The molecule has 3 atom stereocenters. The summed E-state index contributed by atoms with van der Waals surface area (Å²) in [4.78, 5) is 0. The molecule has 1 aliphatic heterocycles. The van der Waals surface area contributed by atoms with Crippen molar-refractivity contribution in [3.05, 3.63) is 29.8 Å². The summed E-state index contributed by atoms with van der Waals surface area (Å²) in [6.45, 7) is 3.83. The van der Waals surface area contributed by atoms with Crippen LogP contribution in [-0.4, -0.2) is 45.5 Å². The minimum absolute atomic E-state index is 0.276. The standard InChI is InChI=1S/C22H34N2O2/c1-25-18-7-4-6-17(14-18)22(10-2-3-11-22)16-24-20-9-5-8-19(20)21-15-26-13-12-23-21/h4,6-7,14,19-21,23-24H,2-3,5,8-13,15-16H2,1H3. The highest BCUT2D eigenvalue weighted by molar-refractivity contribution is 5.35. The lowest BCUT2D eigenvalue weighted by molar-refractivity contribution is 0.0521. The summed E-state index contributed by atoms with van der Waals surface area (Å²) in [5, 5.41) is 7.71. The summed E-state index contributed by atoms with van der Waals surface area (Å²) < 4.78 is 11.2. The number of hydrogen-bond acceptors (Lipinski definition) is 4. The van der Waals surface area contributed by atoms with Crippen molar-refractivity contribution in [1.82, 2.24) is 10.6 Å². The van der Waals surface area contributed by atoms with Crippen LogP contribution in [0, 0.1) is 5.92 Å². The second-order valence-corrected chi connectivity index (χ2v) is 8.44. The van der Waals surface area contributed by atoms with Crippen LogP contribution in [-0.2, 0) is 10.2 Å². The third-order valence-corrected chi connectivity index (χ3v) is 6.98.